The lowest BCUT2D eigenvalue weighted by molar-refractivity contribution is 0.354. The predicted molar refractivity (Wildman–Crippen MR) is 82.4 cm³/mol. The summed E-state index contributed by atoms with van der Waals surface area (Å²) in [6.45, 7) is 4.04. The third kappa shape index (κ3) is 3.11. The smallest absolute Gasteiger partial charge is 0.222 e. The van der Waals surface area contributed by atoms with E-state index in [-0.39, 0.29) is 12.6 Å². The largest absolute Gasteiger partial charge is 0.390 e. The van der Waals surface area contributed by atoms with E-state index in [1.165, 1.54) is 0 Å². The number of hydrogen-bond acceptors (Lipinski definition) is 5. The van der Waals surface area contributed by atoms with Crippen LogP contribution in [0.2, 0.25) is 0 Å². The predicted octanol–water partition coefficient (Wildman–Crippen LogP) is 2.78. The fourth-order valence-electron chi connectivity index (χ4n) is 2.13. The molecule has 0 atom stereocenters. The third-order valence-corrected chi connectivity index (χ3v) is 3.20. The van der Waals surface area contributed by atoms with Crippen LogP contribution in [0, 0.1) is 6.92 Å². The molecule has 1 aromatic carbocycles. The first-order chi connectivity index (χ1) is 9.65. The number of rotatable bonds is 5. The van der Waals surface area contributed by atoms with Gasteiger partial charge in [-0.1, -0.05) is 25.5 Å². The van der Waals surface area contributed by atoms with Crippen molar-refractivity contribution in [3.05, 3.63) is 23.8 Å². The Morgan fingerprint density at radius 3 is 2.85 bits per heavy atom. The van der Waals surface area contributed by atoms with Gasteiger partial charge in [-0.05, 0) is 31.4 Å². The molecule has 1 aromatic heterocycles. The number of hydrogen-bond donors (Lipinski definition) is 2. The Kier molecular flexibility index (Phi) is 4.63. The van der Waals surface area contributed by atoms with E-state index in [1.807, 2.05) is 25.1 Å². The lowest BCUT2D eigenvalue weighted by Gasteiger charge is -2.07. The first kappa shape index (κ1) is 14.4. The van der Waals surface area contributed by atoms with Gasteiger partial charge in [-0.3, -0.25) is 0 Å². The van der Waals surface area contributed by atoms with Crippen LogP contribution in [0.3, 0.4) is 0 Å². The summed E-state index contributed by atoms with van der Waals surface area (Å²) in [6.07, 6.45) is 2.83. The Hall–Kier alpha value is -2.01. The molecule has 1 heterocycles. The number of nitrogen functional groups attached to an aromatic ring is 1. The van der Waals surface area contributed by atoms with Gasteiger partial charge in [0.1, 0.15) is 0 Å². The average molecular weight is 272 g/mol. The molecule has 0 bridgehead atoms. The lowest BCUT2D eigenvalue weighted by atomic mass is 10.1. The number of nitrogens with two attached hydrogens (primary N) is 1. The summed E-state index contributed by atoms with van der Waals surface area (Å²) in [5, 5.41) is 10.3. The Morgan fingerprint density at radius 1 is 1.35 bits per heavy atom. The molecular weight excluding hydrogens is 252 g/mol. The number of aliphatic imine (C=N–C) groups is 1. The Bertz CT molecular complexity index is 637. The number of nitrogens with zero attached hydrogens (tertiary/aromatic N) is 3. The number of unbranched alkanes of at least 4 members (excludes halogenated alkanes) is 1. The fraction of sp³-hybridized carbons (Fsp3) is 0.400. The maximum atomic E-state index is 9.42. The van der Waals surface area contributed by atoms with Gasteiger partial charge in [0.15, 0.2) is 5.82 Å². The second-order valence-electron chi connectivity index (χ2n) is 4.81. The summed E-state index contributed by atoms with van der Waals surface area (Å²) in [7, 11) is 0. The molecule has 0 aliphatic heterocycles. The molecule has 0 aliphatic rings. The van der Waals surface area contributed by atoms with E-state index in [1.54, 1.807) is 0 Å². The number of aryl methyl sites for hydroxylation is 1. The second-order valence-corrected chi connectivity index (χ2v) is 4.81. The van der Waals surface area contributed by atoms with Crippen LogP contribution in [0.5, 0.6) is 0 Å². The molecule has 0 radical (unpaired) electrons. The Morgan fingerprint density at radius 2 is 2.15 bits per heavy atom. The molecule has 5 nitrogen and oxygen atoms in total. The zero-order chi connectivity index (χ0) is 14.5. The fourth-order valence-corrected chi connectivity index (χ4v) is 2.13. The van der Waals surface area contributed by atoms with Gasteiger partial charge in [0.05, 0.1) is 12.1 Å². The maximum absolute atomic E-state index is 9.42. The molecule has 0 unspecified atom stereocenters. The van der Waals surface area contributed by atoms with E-state index >= 15 is 0 Å². The van der Waals surface area contributed by atoms with Gasteiger partial charge < -0.3 is 10.8 Å². The summed E-state index contributed by atoms with van der Waals surface area (Å²) >= 11 is 0. The molecule has 0 spiro atoms. The van der Waals surface area contributed by atoms with Gasteiger partial charge in [0, 0.05) is 11.1 Å². The van der Waals surface area contributed by atoms with Crippen molar-refractivity contribution < 1.29 is 5.11 Å². The number of anilines is 1. The quantitative estimate of drug-likeness (QED) is 0.820. The molecule has 0 amide bonds. The van der Waals surface area contributed by atoms with Gasteiger partial charge >= 0.3 is 0 Å². The van der Waals surface area contributed by atoms with Crippen molar-refractivity contribution in [1.29, 1.82) is 0 Å². The summed E-state index contributed by atoms with van der Waals surface area (Å²) in [6, 6.07) is 5.82. The lowest BCUT2D eigenvalue weighted by Crippen LogP contribution is -2.05. The van der Waals surface area contributed by atoms with E-state index in [2.05, 4.69) is 21.9 Å². The number of fused-ring (bicyclic) bond motifs is 1. The summed E-state index contributed by atoms with van der Waals surface area (Å²) in [4.78, 5) is 13.0. The molecule has 0 saturated heterocycles. The maximum Gasteiger partial charge on any atom is 0.222 e. The van der Waals surface area contributed by atoms with Gasteiger partial charge in [-0.15, -0.1) is 0 Å². The molecule has 5 heteroatoms. The number of benzene rings is 1. The highest BCUT2D eigenvalue weighted by Gasteiger charge is 2.09. The number of aliphatic hydroxyl groups excluding tert-OH is 1. The van der Waals surface area contributed by atoms with Crippen LogP contribution < -0.4 is 5.73 Å². The van der Waals surface area contributed by atoms with Crippen molar-refractivity contribution in [3.8, 4) is 0 Å². The normalized spacial score (nSPS) is 12.1. The molecule has 2 rings (SSSR count). The van der Waals surface area contributed by atoms with E-state index in [9.17, 15) is 5.11 Å². The standard InChI is InChI=1S/C15H20N4O/c1-3-4-7-11(9-20)17-14-13-10(2)6-5-8-12(13)18-15(16)19-14/h5-6,8,20H,3-4,7,9H2,1-2H3,(H2,16,18,19)/b17-11+. The highest BCUT2D eigenvalue weighted by molar-refractivity contribution is 5.96. The van der Waals surface area contributed by atoms with Gasteiger partial charge in [0.2, 0.25) is 5.95 Å². The van der Waals surface area contributed by atoms with Crippen molar-refractivity contribution in [2.75, 3.05) is 12.3 Å². The van der Waals surface area contributed by atoms with Crippen LogP contribution >= 0.6 is 0 Å². The molecule has 2 aromatic rings. The van der Waals surface area contributed by atoms with Crippen LogP contribution in [0.15, 0.2) is 23.2 Å². The van der Waals surface area contributed by atoms with Crippen molar-refractivity contribution in [3.63, 3.8) is 0 Å². The number of aliphatic hydroxyl groups is 1. The molecule has 20 heavy (non-hydrogen) atoms. The van der Waals surface area contributed by atoms with Crippen molar-refractivity contribution in [1.82, 2.24) is 9.97 Å². The minimum Gasteiger partial charge on any atom is -0.390 e. The van der Waals surface area contributed by atoms with Gasteiger partial charge in [-0.2, -0.15) is 4.98 Å². The Labute approximate surface area is 118 Å². The van der Waals surface area contributed by atoms with Gasteiger partial charge in [0.25, 0.3) is 0 Å². The van der Waals surface area contributed by atoms with E-state index < -0.39 is 0 Å². The molecule has 3 N–H and O–H groups in total. The van der Waals surface area contributed by atoms with Crippen LogP contribution in [0.4, 0.5) is 11.8 Å². The van der Waals surface area contributed by atoms with Crippen LogP contribution in [0.1, 0.15) is 31.7 Å². The van der Waals surface area contributed by atoms with Crippen LogP contribution in [-0.2, 0) is 0 Å². The second kappa shape index (κ2) is 6.43. The monoisotopic (exact) mass is 272 g/mol. The van der Waals surface area contributed by atoms with Crippen LogP contribution in [-0.4, -0.2) is 27.4 Å². The molecular formula is C15H20N4O. The van der Waals surface area contributed by atoms with Crippen molar-refractivity contribution >= 4 is 28.4 Å². The average Bonchev–Trinajstić information content (AvgIpc) is 2.42. The van der Waals surface area contributed by atoms with Crippen LogP contribution in [0.25, 0.3) is 10.9 Å². The first-order valence-corrected chi connectivity index (χ1v) is 6.85. The van der Waals surface area contributed by atoms with E-state index in [0.29, 0.717) is 5.82 Å². The third-order valence-electron chi connectivity index (χ3n) is 3.20. The summed E-state index contributed by atoms with van der Waals surface area (Å²) in [5.41, 5.74) is 8.30. The van der Waals surface area contributed by atoms with E-state index in [4.69, 9.17) is 5.73 Å². The first-order valence-electron chi connectivity index (χ1n) is 6.85. The topological polar surface area (TPSA) is 84.4 Å². The highest BCUT2D eigenvalue weighted by atomic mass is 16.3. The number of aromatic nitrogens is 2. The van der Waals surface area contributed by atoms with Crippen molar-refractivity contribution in [2.24, 2.45) is 4.99 Å². The van der Waals surface area contributed by atoms with Gasteiger partial charge in [-0.25, -0.2) is 9.98 Å². The summed E-state index contributed by atoms with van der Waals surface area (Å²) < 4.78 is 0. The minimum atomic E-state index is -0.0583. The van der Waals surface area contributed by atoms with Crippen molar-refractivity contribution in [2.45, 2.75) is 33.1 Å². The molecule has 0 saturated carbocycles. The SMILES string of the molecule is CCCC/C(CO)=N\c1nc(N)nc2cccc(C)c12. The molecule has 0 aliphatic carbocycles. The van der Waals surface area contributed by atoms with E-state index in [0.717, 1.165) is 41.4 Å². The zero-order valence-electron chi connectivity index (χ0n) is 11.9. The highest BCUT2D eigenvalue weighted by Crippen LogP contribution is 2.27. The molecule has 0 fully saturated rings. The zero-order valence-corrected chi connectivity index (χ0v) is 11.9. The Balaban J connectivity index is 2.55. The summed E-state index contributed by atoms with van der Waals surface area (Å²) in [5.74, 6) is 0.750. The minimum absolute atomic E-state index is 0.0583. The molecule has 106 valence electrons.